The Kier molecular flexibility index (Phi) is 5.84. The van der Waals surface area contributed by atoms with Gasteiger partial charge in [0.1, 0.15) is 0 Å². The van der Waals surface area contributed by atoms with Gasteiger partial charge in [-0.1, -0.05) is 13.3 Å². The van der Waals surface area contributed by atoms with E-state index in [1.165, 1.54) is 19.4 Å². The van der Waals surface area contributed by atoms with Crippen molar-refractivity contribution in [3.63, 3.8) is 0 Å². The van der Waals surface area contributed by atoms with Gasteiger partial charge in [-0.15, -0.1) is 0 Å². The van der Waals surface area contributed by atoms with Crippen molar-refractivity contribution in [1.82, 2.24) is 4.90 Å². The molecule has 0 bridgehead atoms. The number of ether oxygens (including phenoxy) is 1. The average Bonchev–Trinajstić information content (AvgIpc) is 2.10. The third-order valence-corrected chi connectivity index (χ3v) is 3.69. The van der Waals surface area contributed by atoms with Crippen molar-refractivity contribution in [2.24, 2.45) is 11.7 Å². The summed E-state index contributed by atoms with van der Waals surface area (Å²) in [5.74, 6) is 0.739. The Balaban J connectivity index is 2.39. The zero-order chi connectivity index (χ0) is 14.7. The van der Waals surface area contributed by atoms with Gasteiger partial charge >= 0.3 is 0 Å². The highest BCUT2D eigenvalue weighted by Gasteiger charge is 2.38. The van der Waals surface area contributed by atoms with E-state index in [-0.39, 0.29) is 11.2 Å². The van der Waals surface area contributed by atoms with Gasteiger partial charge in [-0.3, -0.25) is 4.90 Å². The summed E-state index contributed by atoms with van der Waals surface area (Å²) in [7, 11) is 0. The predicted octanol–water partition coefficient (Wildman–Crippen LogP) is 3.03. The topological polar surface area (TPSA) is 38.5 Å². The molecule has 0 aromatic rings. The maximum atomic E-state index is 6.13. The maximum absolute atomic E-state index is 6.13. The first kappa shape index (κ1) is 16.9. The number of nitrogens with two attached hydrogens (primary N) is 1. The fourth-order valence-corrected chi connectivity index (χ4v) is 3.39. The van der Waals surface area contributed by atoms with Crippen LogP contribution in [0.3, 0.4) is 0 Å². The predicted molar refractivity (Wildman–Crippen MR) is 82.3 cm³/mol. The summed E-state index contributed by atoms with van der Waals surface area (Å²) in [5, 5.41) is 0. The summed E-state index contributed by atoms with van der Waals surface area (Å²) in [5.41, 5.74) is 5.74. The second-order valence-electron chi connectivity index (χ2n) is 7.80. The molecule has 0 amide bonds. The van der Waals surface area contributed by atoms with Crippen LogP contribution >= 0.6 is 0 Å². The van der Waals surface area contributed by atoms with E-state index in [9.17, 15) is 0 Å². The number of hydrogen-bond donors (Lipinski definition) is 1. The lowest BCUT2D eigenvalue weighted by Crippen LogP contribution is -2.57. The van der Waals surface area contributed by atoms with Gasteiger partial charge in [-0.2, -0.15) is 0 Å². The maximum Gasteiger partial charge on any atom is 0.0760 e. The zero-order valence-corrected chi connectivity index (χ0v) is 13.8. The molecule has 114 valence electrons. The molecule has 0 radical (unpaired) electrons. The second kappa shape index (κ2) is 6.55. The van der Waals surface area contributed by atoms with Crippen molar-refractivity contribution < 1.29 is 4.74 Å². The molecule has 1 aliphatic heterocycles. The summed E-state index contributed by atoms with van der Waals surface area (Å²) >= 11 is 0. The highest BCUT2D eigenvalue weighted by molar-refractivity contribution is 4.89. The van der Waals surface area contributed by atoms with Crippen LogP contribution in [-0.2, 0) is 4.74 Å². The standard InChI is InChI=1S/C16H34N2O/c1-13(8-7-9-14(2)17)10-18-11-15(3,4)19-16(5,6)12-18/h13-14H,7-12,17H2,1-6H3. The van der Waals surface area contributed by atoms with Crippen molar-refractivity contribution in [3.05, 3.63) is 0 Å². The van der Waals surface area contributed by atoms with Gasteiger partial charge in [0, 0.05) is 25.7 Å². The molecule has 0 saturated carbocycles. The van der Waals surface area contributed by atoms with E-state index in [1.54, 1.807) is 0 Å². The Morgan fingerprint density at radius 1 is 1.05 bits per heavy atom. The highest BCUT2D eigenvalue weighted by Crippen LogP contribution is 2.28. The van der Waals surface area contributed by atoms with Gasteiger partial charge in [0.25, 0.3) is 0 Å². The SMILES string of the molecule is CC(N)CCCC(C)CN1CC(C)(C)OC(C)(C)C1. The van der Waals surface area contributed by atoms with E-state index in [2.05, 4.69) is 46.4 Å². The molecule has 0 aromatic carbocycles. The van der Waals surface area contributed by atoms with Crippen LogP contribution in [0.5, 0.6) is 0 Å². The molecule has 2 unspecified atom stereocenters. The van der Waals surface area contributed by atoms with Gasteiger partial charge in [0.15, 0.2) is 0 Å². The Bertz CT molecular complexity index is 258. The van der Waals surface area contributed by atoms with Crippen molar-refractivity contribution in [3.8, 4) is 0 Å². The molecule has 2 atom stereocenters. The fourth-order valence-electron chi connectivity index (χ4n) is 3.39. The molecular formula is C16H34N2O. The van der Waals surface area contributed by atoms with Crippen molar-refractivity contribution >= 4 is 0 Å². The molecule has 1 rings (SSSR count). The Morgan fingerprint density at radius 3 is 2.05 bits per heavy atom. The number of nitrogens with zero attached hydrogens (tertiary/aromatic N) is 1. The molecule has 3 heteroatoms. The van der Waals surface area contributed by atoms with Gasteiger partial charge in [0.05, 0.1) is 11.2 Å². The summed E-state index contributed by atoms with van der Waals surface area (Å²) in [6.45, 7) is 16.5. The van der Waals surface area contributed by atoms with Crippen molar-refractivity contribution in [2.75, 3.05) is 19.6 Å². The summed E-state index contributed by atoms with van der Waals surface area (Å²) in [4.78, 5) is 2.57. The summed E-state index contributed by atoms with van der Waals surface area (Å²) in [6, 6.07) is 0.341. The number of morpholine rings is 1. The lowest BCUT2D eigenvalue weighted by atomic mass is 9.96. The Hall–Kier alpha value is -0.120. The van der Waals surface area contributed by atoms with Crippen LogP contribution in [0.4, 0.5) is 0 Å². The van der Waals surface area contributed by atoms with Gasteiger partial charge < -0.3 is 10.5 Å². The van der Waals surface area contributed by atoms with Crippen LogP contribution in [-0.4, -0.2) is 41.8 Å². The van der Waals surface area contributed by atoms with Crippen LogP contribution in [0.15, 0.2) is 0 Å². The van der Waals surface area contributed by atoms with E-state index >= 15 is 0 Å². The number of hydrogen-bond acceptors (Lipinski definition) is 3. The zero-order valence-electron chi connectivity index (χ0n) is 13.8. The molecule has 0 aromatic heterocycles. The van der Waals surface area contributed by atoms with Crippen molar-refractivity contribution in [1.29, 1.82) is 0 Å². The first-order chi connectivity index (χ1) is 8.60. The summed E-state index contributed by atoms with van der Waals surface area (Å²) in [6.07, 6.45) is 3.67. The smallest absolute Gasteiger partial charge is 0.0760 e. The molecular weight excluding hydrogens is 236 g/mol. The minimum absolute atomic E-state index is 0.0345. The van der Waals surface area contributed by atoms with Crippen LogP contribution in [0.2, 0.25) is 0 Å². The minimum atomic E-state index is -0.0345. The molecule has 1 aliphatic rings. The molecule has 2 N–H and O–H groups in total. The lowest BCUT2D eigenvalue weighted by molar-refractivity contribution is -0.181. The largest absolute Gasteiger partial charge is 0.367 e. The Morgan fingerprint density at radius 2 is 1.58 bits per heavy atom. The number of rotatable bonds is 6. The molecule has 0 aliphatic carbocycles. The Labute approximate surface area is 119 Å². The normalized spacial score (nSPS) is 26.1. The van der Waals surface area contributed by atoms with Gasteiger partial charge in [0.2, 0.25) is 0 Å². The van der Waals surface area contributed by atoms with Gasteiger partial charge in [-0.25, -0.2) is 0 Å². The molecule has 3 nitrogen and oxygen atoms in total. The third-order valence-electron chi connectivity index (χ3n) is 3.69. The van der Waals surface area contributed by atoms with E-state index in [0.29, 0.717) is 6.04 Å². The first-order valence-corrected chi connectivity index (χ1v) is 7.78. The quantitative estimate of drug-likeness (QED) is 0.806. The van der Waals surface area contributed by atoms with E-state index in [4.69, 9.17) is 10.5 Å². The fraction of sp³-hybridized carbons (Fsp3) is 1.00. The summed E-state index contributed by atoms with van der Waals surface area (Å²) < 4.78 is 6.13. The molecule has 1 saturated heterocycles. The minimum Gasteiger partial charge on any atom is -0.367 e. The lowest BCUT2D eigenvalue weighted by Gasteiger charge is -2.47. The molecule has 1 fully saturated rings. The van der Waals surface area contributed by atoms with E-state index in [0.717, 1.165) is 25.4 Å². The van der Waals surface area contributed by atoms with Crippen LogP contribution < -0.4 is 5.73 Å². The van der Waals surface area contributed by atoms with Crippen LogP contribution in [0, 0.1) is 5.92 Å². The monoisotopic (exact) mass is 270 g/mol. The van der Waals surface area contributed by atoms with E-state index < -0.39 is 0 Å². The molecule has 1 heterocycles. The highest BCUT2D eigenvalue weighted by atomic mass is 16.5. The van der Waals surface area contributed by atoms with Gasteiger partial charge in [-0.05, 0) is 53.4 Å². The van der Waals surface area contributed by atoms with E-state index in [1.807, 2.05) is 0 Å². The molecule has 0 spiro atoms. The van der Waals surface area contributed by atoms with Crippen LogP contribution in [0.1, 0.15) is 60.8 Å². The second-order valence-corrected chi connectivity index (χ2v) is 7.80. The first-order valence-electron chi connectivity index (χ1n) is 7.78. The average molecular weight is 270 g/mol. The van der Waals surface area contributed by atoms with Crippen LogP contribution in [0.25, 0.3) is 0 Å². The molecule has 19 heavy (non-hydrogen) atoms. The third kappa shape index (κ3) is 6.73. The van der Waals surface area contributed by atoms with Crippen molar-refractivity contribution in [2.45, 2.75) is 78.0 Å².